The molecule has 8 heteroatoms. The van der Waals surface area contributed by atoms with E-state index in [9.17, 15) is 13.2 Å². The first kappa shape index (κ1) is 19.2. The van der Waals surface area contributed by atoms with Gasteiger partial charge >= 0.3 is 0 Å². The zero-order chi connectivity index (χ0) is 16.9. The van der Waals surface area contributed by atoms with Gasteiger partial charge in [0.25, 0.3) is 0 Å². The van der Waals surface area contributed by atoms with E-state index in [-0.39, 0.29) is 24.1 Å². The molecule has 0 bridgehead atoms. The van der Waals surface area contributed by atoms with Gasteiger partial charge in [-0.3, -0.25) is 4.79 Å². The second kappa shape index (κ2) is 8.15. The highest BCUT2D eigenvalue weighted by molar-refractivity contribution is 7.89. The van der Waals surface area contributed by atoms with E-state index in [1.807, 2.05) is 13.8 Å². The molecule has 0 saturated carbocycles. The van der Waals surface area contributed by atoms with E-state index < -0.39 is 15.9 Å². The summed E-state index contributed by atoms with van der Waals surface area (Å²) in [5, 5.41) is 3.46. The zero-order valence-electron chi connectivity index (χ0n) is 12.7. The molecule has 1 amide bonds. The van der Waals surface area contributed by atoms with Crippen molar-refractivity contribution in [3.63, 3.8) is 0 Å². The largest absolute Gasteiger partial charge is 0.354 e. The van der Waals surface area contributed by atoms with Gasteiger partial charge in [-0.2, -0.15) is 0 Å². The molecule has 1 aromatic carbocycles. The van der Waals surface area contributed by atoms with E-state index in [1.165, 1.54) is 7.05 Å². The Balaban J connectivity index is 2.82. The third kappa shape index (κ3) is 5.43. The van der Waals surface area contributed by atoms with Crippen LogP contribution >= 0.6 is 23.2 Å². The van der Waals surface area contributed by atoms with Gasteiger partial charge in [-0.1, -0.05) is 43.1 Å². The molecule has 0 radical (unpaired) electrons. The minimum Gasteiger partial charge on any atom is -0.354 e. The van der Waals surface area contributed by atoms with E-state index >= 15 is 0 Å². The van der Waals surface area contributed by atoms with E-state index in [0.29, 0.717) is 10.0 Å². The second-order valence-electron chi connectivity index (χ2n) is 5.21. The first-order valence-corrected chi connectivity index (χ1v) is 9.22. The smallest absolute Gasteiger partial charge is 0.227 e. The van der Waals surface area contributed by atoms with Crippen LogP contribution in [0.2, 0.25) is 10.0 Å². The Morgan fingerprint density at radius 2 is 1.86 bits per heavy atom. The molecule has 0 spiro atoms. The maximum atomic E-state index is 12.4. The molecule has 0 fully saturated rings. The van der Waals surface area contributed by atoms with Crippen molar-refractivity contribution < 1.29 is 13.2 Å². The lowest BCUT2D eigenvalue weighted by atomic mass is 9.87. The van der Waals surface area contributed by atoms with Crippen LogP contribution in [-0.2, 0) is 14.8 Å². The zero-order valence-corrected chi connectivity index (χ0v) is 15.0. The van der Waals surface area contributed by atoms with Crippen molar-refractivity contribution in [2.75, 3.05) is 19.3 Å². The highest BCUT2D eigenvalue weighted by atomic mass is 35.5. The number of hydrogen-bond acceptors (Lipinski definition) is 3. The summed E-state index contributed by atoms with van der Waals surface area (Å²) in [6.07, 6.45) is 0. The summed E-state index contributed by atoms with van der Waals surface area (Å²) in [7, 11) is -2.00. The molecule has 1 aromatic rings. The molecule has 22 heavy (non-hydrogen) atoms. The van der Waals surface area contributed by atoms with Crippen molar-refractivity contribution in [3.8, 4) is 0 Å². The topological polar surface area (TPSA) is 75.3 Å². The van der Waals surface area contributed by atoms with Gasteiger partial charge in [0.15, 0.2) is 0 Å². The van der Waals surface area contributed by atoms with Gasteiger partial charge in [0, 0.05) is 6.54 Å². The number of rotatable bonds is 7. The molecule has 0 aliphatic rings. The van der Waals surface area contributed by atoms with Crippen LogP contribution in [0.15, 0.2) is 18.2 Å². The van der Waals surface area contributed by atoms with E-state index in [2.05, 4.69) is 10.0 Å². The fraction of sp³-hybridized carbons (Fsp3) is 0.500. The van der Waals surface area contributed by atoms with Gasteiger partial charge in [0.05, 0.1) is 21.7 Å². The lowest BCUT2D eigenvalue weighted by molar-refractivity contribution is -0.123. The van der Waals surface area contributed by atoms with Gasteiger partial charge in [-0.25, -0.2) is 13.1 Å². The summed E-state index contributed by atoms with van der Waals surface area (Å²) in [6.45, 7) is 3.88. The predicted octanol–water partition coefficient (Wildman–Crippen LogP) is 2.40. The highest BCUT2D eigenvalue weighted by Gasteiger charge is 2.24. The number of carbonyl (C=O) groups is 1. The summed E-state index contributed by atoms with van der Waals surface area (Å²) in [6, 6.07) is 5.06. The Morgan fingerprint density at radius 1 is 1.23 bits per heavy atom. The maximum Gasteiger partial charge on any atom is 0.227 e. The second-order valence-corrected chi connectivity index (χ2v) is 8.07. The van der Waals surface area contributed by atoms with Gasteiger partial charge in [-0.05, 0) is 30.7 Å². The first-order valence-electron chi connectivity index (χ1n) is 6.82. The van der Waals surface area contributed by atoms with Crippen LogP contribution < -0.4 is 10.0 Å². The standard InChI is InChI=1S/C14H20Cl2N2O3S/c1-9(2)13(10-4-5-11(15)12(16)8-10)14(19)18-6-7-22(20,21)17-3/h4-5,8-9,13,17H,6-7H2,1-3H3,(H,18,19). The third-order valence-corrected chi connectivity index (χ3v) is 5.34. The molecule has 0 heterocycles. The summed E-state index contributed by atoms with van der Waals surface area (Å²) >= 11 is 11.9. The molecule has 124 valence electrons. The number of nitrogens with one attached hydrogen (secondary N) is 2. The van der Waals surface area contributed by atoms with Crippen LogP contribution in [0.3, 0.4) is 0 Å². The Labute approximate surface area is 141 Å². The average molecular weight is 367 g/mol. The Hall–Kier alpha value is -0.820. The molecule has 2 N–H and O–H groups in total. The first-order chi connectivity index (χ1) is 10.2. The van der Waals surface area contributed by atoms with Crippen molar-refractivity contribution in [2.45, 2.75) is 19.8 Å². The van der Waals surface area contributed by atoms with Gasteiger partial charge in [0.2, 0.25) is 15.9 Å². The minimum absolute atomic E-state index is 0.0261. The maximum absolute atomic E-state index is 12.4. The number of sulfonamides is 1. The minimum atomic E-state index is -3.34. The molecular formula is C14H20Cl2N2O3S. The molecule has 0 aliphatic carbocycles. The molecule has 0 aromatic heterocycles. The van der Waals surface area contributed by atoms with Crippen LogP contribution in [0, 0.1) is 5.92 Å². The summed E-state index contributed by atoms with van der Waals surface area (Å²) < 4.78 is 24.9. The van der Waals surface area contributed by atoms with Gasteiger partial charge in [0.1, 0.15) is 0 Å². The Bertz CT molecular complexity index is 633. The fourth-order valence-corrected chi connectivity index (χ4v) is 2.95. The van der Waals surface area contributed by atoms with Crippen LogP contribution in [0.25, 0.3) is 0 Å². The summed E-state index contributed by atoms with van der Waals surface area (Å²) in [4.78, 5) is 12.4. The molecule has 0 saturated heterocycles. The third-order valence-electron chi connectivity index (χ3n) is 3.23. The number of carbonyl (C=O) groups excluding carboxylic acids is 1. The highest BCUT2D eigenvalue weighted by Crippen LogP contribution is 2.30. The average Bonchev–Trinajstić information content (AvgIpc) is 2.42. The molecule has 5 nitrogen and oxygen atoms in total. The lowest BCUT2D eigenvalue weighted by Gasteiger charge is -2.21. The van der Waals surface area contributed by atoms with Crippen molar-refractivity contribution in [3.05, 3.63) is 33.8 Å². The van der Waals surface area contributed by atoms with Gasteiger partial charge in [-0.15, -0.1) is 0 Å². The normalized spacial score (nSPS) is 13.2. The van der Waals surface area contributed by atoms with Crippen molar-refractivity contribution in [1.82, 2.24) is 10.0 Å². The van der Waals surface area contributed by atoms with Crippen LogP contribution in [-0.4, -0.2) is 33.7 Å². The number of halogens is 2. The molecular weight excluding hydrogens is 347 g/mol. The van der Waals surface area contributed by atoms with Gasteiger partial charge < -0.3 is 5.32 Å². The van der Waals surface area contributed by atoms with Crippen molar-refractivity contribution >= 4 is 39.1 Å². The fourth-order valence-electron chi connectivity index (χ4n) is 2.07. The molecule has 1 atom stereocenters. The Morgan fingerprint density at radius 3 is 2.36 bits per heavy atom. The molecule has 1 unspecified atom stereocenters. The van der Waals surface area contributed by atoms with E-state index in [4.69, 9.17) is 23.2 Å². The summed E-state index contributed by atoms with van der Waals surface area (Å²) in [5.41, 5.74) is 0.748. The lowest BCUT2D eigenvalue weighted by Crippen LogP contribution is -2.37. The predicted molar refractivity (Wildman–Crippen MR) is 89.9 cm³/mol. The summed E-state index contributed by atoms with van der Waals surface area (Å²) in [5.74, 6) is -0.800. The number of hydrogen-bond donors (Lipinski definition) is 2. The SMILES string of the molecule is CNS(=O)(=O)CCNC(=O)C(c1ccc(Cl)c(Cl)c1)C(C)C. The van der Waals surface area contributed by atoms with Crippen LogP contribution in [0.4, 0.5) is 0 Å². The quantitative estimate of drug-likeness (QED) is 0.777. The van der Waals surface area contributed by atoms with Crippen molar-refractivity contribution in [1.29, 1.82) is 0 Å². The number of benzene rings is 1. The van der Waals surface area contributed by atoms with E-state index in [1.54, 1.807) is 18.2 Å². The van der Waals surface area contributed by atoms with Crippen LogP contribution in [0.5, 0.6) is 0 Å². The van der Waals surface area contributed by atoms with E-state index in [0.717, 1.165) is 5.56 Å². The monoisotopic (exact) mass is 366 g/mol. The van der Waals surface area contributed by atoms with Crippen LogP contribution in [0.1, 0.15) is 25.3 Å². The molecule has 1 rings (SSSR count). The Kier molecular flexibility index (Phi) is 7.12. The number of amides is 1. The van der Waals surface area contributed by atoms with Crippen molar-refractivity contribution in [2.24, 2.45) is 5.92 Å². The molecule has 0 aliphatic heterocycles.